The Bertz CT molecular complexity index is 855. The Morgan fingerprint density at radius 2 is 1.97 bits per heavy atom. The van der Waals surface area contributed by atoms with Gasteiger partial charge in [0.1, 0.15) is 11.6 Å². The van der Waals surface area contributed by atoms with E-state index in [1.165, 1.54) is 19.3 Å². The molecule has 2 aromatic rings. The fraction of sp³-hybridized carbons (Fsp3) is 0.542. The number of likely N-dealkylation sites (tertiary alicyclic amines) is 2. The maximum absolute atomic E-state index is 13.2. The number of nitrogens with zero attached hydrogens (tertiary/aromatic N) is 4. The Labute approximate surface area is 179 Å². The lowest BCUT2D eigenvalue weighted by molar-refractivity contribution is 0.0769. The molecule has 30 heavy (non-hydrogen) atoms. The molecule has 0 radical (unpaired) electrons. The van der Waals surface area contributed by atoms with Crippen LogP contribution in [0, 0.1) is 5.92 Å². The summed E-state index contributed by atoms with van der Waals surface area (Å²) in [5.74, 6) is 2.17. The predicted molar refractivity (Wildman–Crippen MR) is 116 cm³/mol. The van der Waals surface area contributed by atoms with E-state index in [1.54, 1.807) is 7.11 Å². The number of hydrogen-bond donors (Lipinski definition) is 0. The molecule has 4 rings (SSSR count). The molecule has 0 bridgehead atoms. The zero-order valence-corrected chi connectivity index (χ0v) is 18.1. The van der Waals surface area contributed by atoms with E-state index in [1.807, 2.05) is 41.6 Å². The maximum atomic E-state index is 13.2. The molecule has 6 nitrogen and oxygen atoms in total. The number of methoxy groups -OCH3 is 1. The number of fused-ring (bicyclic) bond motifs is 1. The molecule has 1 aromatic carbocycles. The van der Waals surface area contributed by atoms with Crippen LogP contribution in [0.15, 0.2) is 36.7 Å². The number of aromatic nitrogens is 2. The smallest absolute Gasteiger partial charge is 0.257 e. The number of carbonyl (C=O) groups excluding carboxylic acids is 1. The monoisotopic (exact) mass is 408 g/mol. The van der Waals surface area contributed by atoms with Gasteiger partial charge in [0.2, 0.25) is 0 Å². The van der Waals surface area contributed by atoms with Gasteiger partial charge in [0.25, 0.3) is 5.91 Å². The first-order valence-electron chi connectivity index (χ1n) is 11.2. The number of amides is 1. The second-order valence-electron chi connectivity index (χ2n) is 8.46. The Kier molecular flexibility index (Phi) is 6.62. The molecule has 0 N–H and O–H groups in total. The number of rotatable bonds is 6. The highest BCUT2D eigenvalue weighted by Crippen LogP contribution is 2.32. The molecular formula is C24H32N4O2. The number of para-hydroxylation sites is 1. The third-order valence-electron chi connectivity index (χ3n) is 6.39. The van der Waals surface area contributed by atoms with Crippen molar-refractivity contribution in [2.75, 3.05) is 26.7 Å². The lowest BCUT2D eigenvalue weighted by Gasteiger charge is -2.30. The summed E-state index contributed by atoms with van der Waals surface area (Å²) in [6.07, 6.45) is 9.56. The van der Waals surface area contributed by atoms with Crippen LogP contribution < -0.4 is 4.74 Å². The minimum absolute atomic E-state index is 0.0766. The first-order chi connectivity index (χ1) is 14.7. The normalized spacial score (nSPS) is 21.9. The van der Waals surface area contributed by atoms with Gasteiger partial charge in [-0.1, -0.05) is 25.5 Å². The van der Waals surface area contributed by atoms with Gasteiger partial charge >= 0.3 is 0 Å². The van der Waals surface area contributed by atoms with E-state index >= 15 is 0 Å². The molecule has 0 saturated carbocycles. The lowest BCUT2D eigenvalue weighted by atomic mass is 9.98. The molecule has 6 heteroatoms. The zero-order chi connectivity index (χ0) is 20.9. The molecule has 0 unspecified atom stereocenters. The van der Waals surface area contributed by atoms with E-state index in [0.717, 1.165) is 50.4 Å². The van der Waals surface area contributed by atoms with Crippen molar-refractivity contribution >= 4 is 5.91 Å². The van der Waals surface area contributed by atoms with Gasteiger partial charge in [0.15, 0.2) is 0 Å². The first-order valence-corrected chi connectivity index (χ1v) is 11.2. The molecule has 2 saturated heterocycles. The average Bonchev–Trinajstić information content (AvgIpc) is 3.12. The molecule has 3 heterocycles. The van der Waals surface area contributed by atoms with Crippen LogP contribution in [0.5, 0.6) is 5.75 Å². The summed E-state index contributed by atoms with van der Waals surface area (Å²) in [7, 11) is 1.62. The Morgan fingerprint density at radius 1 is 1.17 bits per heavy atom. The molecule has 2 aliphatic heterocycles. The van der Waals surface area contributed by atoms with Crippen molar-refractivity contribution in [3.63, 3.8) is 0 Å². The van der Waals surface area contributed by atoms with Crippen molar-refractivity contribution in [2.45, 2.75) is 51.6 Å². The van der Waals surface area contributed by atoms with Crippen LogP contribution in [-0.2, 0) is 13.0 Å². The van der Waals surface area contributed by atoms with Gasteiger partial charge in [-0.25, -0.2) is 9.97 Å². The summed E-state index contributed by atoms with van der Waals surface area (Å²) in [4.78, 5) is 26.9. The molecule has 1 amide bonds. The van der Waals surface area contributed by atoms with Crippen molar-refractivity contribution < 1.29 is 9.53 Å². The Balaban J connectivity index is 1.48. The Morgan fingerprint density at radius 3 is 2.73 bits per heavy atom. The van der Waals surface area contributed by atoms with Gasteiger partial charge in [-0.15, -0.1) is 0 Å². The summed E-state index contributed by atoms with van der Waals surface area (Å²) in [5, 5.41) is 0. The number of aryl methyl sites for hydroxylation is 1. The van der Waals surface area contributed by atoms with Crippen LogP contribution in [0.3, 0.4) is 0 Å². The number of benzene rings is 1. The highest BCUT2D eigenvalue weighted by Gasteiger charge is 2.40. The standard InChI is InChI=1S/C24H32N4O2/c1-3-8-23-25-13-18(14-26-23)15-27-12-7-6-9-19-16-28(17-21(19)27)24(29)20-10-4-5-11-22(20)30-2/h4-5,10-11,13-14,19,21H,3,6-9,12,15-17H2,1-2H3/t19-,21+/m0/s1. The molecule has 0 spiro atoms. The van der Waals surface area contributed by atoms with E-state index in [0.29, 0.717) is 23.3 Å². The SMILES string of the molecule is CCCc1ncc(CN2CCCC[C@H]3CN(C(=O)c4ccccc4OC)C[C@H]32)cn1. The van der Waals surface area contributed by atoms with Crippen molar-refractivity contribution in [1.29, 1.82) is 0 Å². The van der Waals surface area contributed by atoms with Crippen LogP contribution >= 0.6 is 0 Å². The largest absolute Gasteiger partial charge is 0.496 e. The van der Waals surface area contributed by atoms with E-state index < -0.39 is 0 Å². The molecule has 160 valence electrons. The lowest BCUT2D eigenvalue weighted by Crippen LogP contribution is -2.40. The van der Waals surface area contributed by atoms with Crippen molar-refractivity contribution in [3.05, 3.63) is 53.6 Å². The second kappa shape index (κ2) is 9.56. The van der Waals surface area contributed by atoms with Crippen LogP contribution in [0.4, 0.5) is 0 Å². The number of ether oxygens (including phenoxy) is 1. The molecular weight excluding hydrogens is 376 g/mol. The van der Waals surface area contributed by atoms with Gasteiger partial charge in [0.05, 0.1) is 12.7 Å². The molecule has 2 fully saturated rings. The minimum atomic E-state index is 0.0766. The van der Waals surface area contributed by atoms with Gasteiger partial charge in [-0.2, -0.15) is 0 Å². The summed E-state index contributed by atoms with van der Waals surface area (Å²) in [6.45, 7) is 5.66. The average molecular weight is 409 g/mol. The molecule has 2 aliphatic rings. The highest BCUT2D eigenvalue weighted by molar-refractivity contribution is 5.97. The van der Waals surface area contributed by atoms with E-state index in [9.17, 15) is 4.79 Å². The summed E-state index contributed by atoms with van der Waals surface area (Å²) in [6, 6.07) is 7.91. The van der Waals surface area contributed by atoms with Gasteiger partial charge in [-0.05, 0) is 43.9 Å². The van der Waals surface area contributed by atoms with Crippen molar-refractivity contribution in [3.8, 4) is 5.75 Å². The maximum Gasteiger partial charge on any atom is 0.257 e. The number of carbonyl (C=O) groups is 1. The van der Waals surface area contributed by atoms with Crippen LogP contribution in [0.2, 0.25) is 0 Å². The van der Waals surface area contributed by atoms with E-state index in [2.05, 4.69) is 21.8 Å². The molecule has 1 aromatic heterocycles. The van der Waals surface area contributed by atoms with Gasteiger partial charge < -0.3 is 9.64 Å². The van der Waals surface area contributed by atoms with E-state index in [-0.39, 0.29) is 5.91 Å². The molecule has 0 aliphatic carbocycles. The van der Waals surface area contributed by atoms with Crippen LogP contribution in [-0.4, -0.2) is 58.5 Å². The predicted octanol–water partition coefficient (Wildman–Crippen LogP) is 3.56. The van der Waals surface area contributed by atoms with Crippen molar-refractivity contribution in [2.24, 2.45) is 5.92 Å². The zero-order valence-electron chi connectivity index (χ0n) is 18.1. The minimum Gasteiger partial charge on any atom is -0.496 e. The van der Waals surface area contributed by atoms with Crippen LogP contribution in [0.25, 0.3) is 0 Å². The van der Waals surface area contributed by atoms with Gasteiger partial charge in [-0.3, -0.25) is 9.69 Å². The molecule has 2 atom stereocenters. The second-order valence-corrected chi connectivity index (χ2v) is 8.46. The van der Waals surface area contributed by atoms with Crippen LogP contribution in [0.1, 0.15) is 54.4 Å². The first kappa shape index (κ1) is 20.8. The third-order valence-corrected chi connectivity index (χ3v) is 6.39. The summed E-state index contributed by atoms with van der Waals surface area (Å²) < 4.78 is 5.42. The summed E-state index contributed by atoms with van der Waals surface area (Å²) >= 11 is 0. The third kappa shape index (κ3) is 4.48. The van der Waals surface area contributed by atoms with Gasteiger partial charge in [0, 0.05) is 50.1 Å². The van der Waals surface area contributed by atoms with Crippen molar-refractivity contribution in [1.82, 2.24) is 19.8 Å². The fourth-order valence-electron chi connectivity index (χ4n) is 4.84. The number of hydrogen-bond acceptors (Lipinski definition) is 5. The van der Waals surface area contributed by atoms with E-state index in [4.69, 9.17) is 4.74 Å². The fourth-order valence-corrected chi connectivity index (χ4v) is 4.84. The topological polar surface area (TPSA) is 58.6 Å². The Hall–Kier alpha value is -2.47. The summed E-state index contributed by atoms with van der Waals surface area (Å²) in [5.41, 5.74) is 1.81. The quantitative estimate of drug-likeness (QED) is 0.731. The highest BCUT2D eigenvalue weighted by atomic mass is 16.5.